The highest BCUT2D eigenvalue weighted by Gasteiger charge is 2.38. The molecule has 1 heterocycles. The minimum atomic E-state index is -0.963. The lowest BCUT2D eigenvalue weighted by Gasteiger charge is -2.42. The summed E-state index contributed by atoms with van der Waals surface area (Å²) in [6.45, 7) is 11.6. The maximum atomic E-state index is 12.1. The van der Waals surface area contributed by atoms with Gasteiger partial charge in [0.25, 0.3) is 0 Å². The smallest absolute Gasteiger partial charge is 0.115 e. The second-order valence-electron chi connectivity index (χ2n) is 9.39. The summed E-state index contributed by atoms with van der Waals surface area (Å²) < 4.78 is 0. The molecule has 1 aliphatic rings. The van der Waals surface area contributed by atoms with Crippen LogP contribution in [0.4, 0.5) is 0 Å². The number of nitrogens with zero attached hydrogens (tertiary/aromatic N) is 1. The van der Waals surface area contributed by atoms with Crippen molar-refractivity contribution in [1.29, 1.82) is 0 Å². The lowest BCUT2D eigenvalue weighted by molar-refractivity contribution is 0.0124. The lowest BCUT2D eigenvalue weighted by Crippen LogP contribution is -2.44. The molecule has 2 aromatic rings. The van der Waals surface area contributed by atoms with Gasteiger partial charge in [0.2, 0.25) is 0 Å². The summed E-state index contributed by atoms with van der Waals surface area (Å²) in [6, 6.07) is 20.5. The fraction of sp³-hybridized carbons (Fsp3) is 0.419. The molecule has 0 spiro atoms. The number of piperidine rings is 1. The summed E-state index contributed by atoms with van der Waals surface area (Å²) in [7, 11) is 0. The highest BCUT2D eigenvalue weighted by molar-refractivity contribution is 5.36. The van der Waals surface area contributed by atoms with Crippen LogP contribution in [0.5, 0.6) is 0 Å². The fourth-order valence-corrected chi connectivity index (χ4v) is 5.32. The molecule has 0 aromatic heterocycles. The molecule has 0 bridgehead atoms. The maximum Gasteiger partial charge on any atom is 0.115 e. The van der Waals surface area contributed by atoms with Gasteiger partial charge < -0.3 is 10.0 Å². The van der Waals surface area contributed by atoms with E-state index in [-0.39, 0.29) is 0 Å². The van der Waals surface area contributed by atoms with E-state index in [2.05, 4.69) is 60.9 Å². The van der Waals surface area contributed by atoms with E-state index in [1.165, 1.54) is 18.4 Å². The predicted molar refractivity (Wildman–Crippen MR) is 141 cm³/mol. The number of benzene rings is 2. The number of aliphatic hydroxyl groups is 1. The zero-order valence-electron chi connectivity index (χ0n) is 20.5. The Morgan fingerprint density at radius 2 is 1.70 bits per heavy atom. The molecule has 2 atom stereocenters. The topological polar surface area (TPSA) is 23.5 Å². The van der Waals surface area contributed by atoms with Crippen molar-refractivity contribution in [2.75, 3.05) is 19.6 Å². The van der Waals surface area contributed by atoms with Gasteiger partial charge in [-0.15, -0.1) is 0 Å². The predicted octanol–water partition coefficient (Wildman–Crippen LogP) is 7.13. The Balaban J connectivity index is 1.74. The quantitative estimate of drug-likeness (QED) is 0.373. The van der Waals surface area contributed by atoms with Crippen LogP contribution >= 0.6 is 0 Å². The van der Waals surface area contributed by atoms with Gasteiger partial charge in [-0.3, -0.25) is 0 Å². The van der Waals surface area contributed by atoms with Crippen molar-refractivity contribution >= 4 is 0 Å². The van der Waals surface area contributed by atoms with E-state index in [0.717, 1.165) is 50.0 Å². The molecule has 0 aliphatic carbocycles. The summed E-state index contributed by atoms with van der Waals surface area (Å²) in [6.07, 6.45) is 13.6. The zero-order chi connectivity index (χ0) is 23.5. The molecule has 2 aromatic carbocycles. The standard InChI is InChI=1S/C31H41NO/c1-4-7-15-26(5-2)16-14-22-32-23-21-27(6-3)28(25-32)24-31(33,29-17-10-8-11-18-29)30-19-12-9-13-20-30/h4-5,7-13,15,17-20,27-28,33H,2,6,14,16,21-25H2,1,3H3/b7-4-,26-15+. The van der Waals surface area contributed by atoms with Crippen LogP contribution in [0.2, 0.25) is 0 Å². The first-order chi connectivity index (χ1) is 16.1. The molecule has 1 aliphatic heterocycles. The van der Waals surface area contributed by atoms with Crippen molar-refractivity contribution < 1.29 is 5.11 Å². The monoisotopic (exact) mass is 443 g/mol. The van der Waals surface area contributed by atoms with E-state index in [0.29, 0.717) is 11.8 Å². The lowest BCUT2D eigenvalue weighted by atomic mass is 9.72. The van der Waals surface area contributed by atoms with E-state index in [4.69, 9.17) is 0 Å². The molecule has 3 rings (SSSR count). The molecular formula is C31H41NO. The van der Waals surface area contributed by atoms with Crippen molar-refractivity contribution in [1.82, 2.24) is 4.90 Å². The molecule has 2 nitrogen and oxygen atoms in total. The average molecular weight is 444 g/mol. The second-order valence-corrected chi connectivity index (χ2v) is 9.39. The Morgan fingerprint density at radius 1 is 1.06 bits per heavy atom. The molecule has 1 N–H and O–H groups in total. The van der Waals surface area contributed by atoms with Gasteiger partial charge in [-0.05, 0) is 74.2 Å². The zero-order valence-corrected chi connectivity index (χ0v) is 20.5. The van der Waals surface area contributed by atoms with Gasteiger partial charge in [-0.1, -0.05) is 105 Å². The van der Waals surface area contributed by atoms with Gasteiger partial charge in [0.05, 0.1) is 0 Å². The SMILES string of the molecule is C=C/C(=C\C=C/C)CCCN1CCC(CC)C(CC(O)(c2ccccc2)c2ccccc2)C1. The fourth-order valence-electron chi connectivity index (χ4n) is 5.32. The average Bonchev–Trinajstić information content (AvgIpc) is 2.87. The van der Waals surface area contributed by atoms with Crippen LogP contribution in [-0.4, -0.2) is 29.6 Å². The first-order valence-electron chi connectivity index (χ1n) is 12.6. The van der Waals surface area contributed by atoms with Crippen molar-refractivity contribution in [2.45, 2.75) is 51.6 Å². The number of allylic oxidation sites excluding steroid dienone is 5. The summed E-state index contributed by atoms with van der Waals surface area (Å²) in [4.78, 5) is 2.61. The molecule has 2 unspecified atom stereocenters. The van der Waals surface area contributed by atoms with Gasteiger partial charge in [-0.2, -0.15) is 0 Å². The van der Waals surface area contributed by atoms with Crippen molar-refractivity contribution in [2.24, 2.45) is 11.8 Å². The molecule has 1 saturated heterocycles. The summed E-state index contributed by atoms with van der Waals surface area (Å²) in [5.41, 5.74) is 2.32. The molecule has 1 fully saturated rings. The van der Waals surface area contributed by atoms with Gasteiger partial charge in [0.1, 0.15) is 5.60 Å². The van der Waals surface area contributed by atoms with E-state index in [1.54, 1.807) is 0 Å². The van der Waals surface area contributed by atoms with Crippen LogP contribution in [0.25, 0.3) is 0 Å². The second kappa shape index (κ2) is 12.7. The minimum absolute atomic E-state index is 0.464. The molecule has 0 radical (unpaired) electrons. The van der Waals surface area contributed by atoms with Crippen molar-refractivity contribution in [3.8, 4) is 0 Å². The number of rotatable bonds is 11. The Morgan fingerprint density at radius 3 is 2.24 bits per heavy atom. The Bertz CT molecular complexity index is 860. The highest BCUT2D eigenvalue weighted by atomic mass is 16.3. The molecule has 0 saturated carbocycles. The van der Waals surface area contributed by atoms with Crippen molar-refractivity contribution in [3.05, 3.63) is 108 Å². The third kappa shape index (κ3) is 6.79. The Hall–Kier alpha value is -2.42. The van der Waals surface area contributed by atoms with E-state index in [1.807, 2.05) is 49.4 Å². The van der Waals surface area contributed by atoms with Crippen LogP contribution < -0.4 is 0 Å². The molecule has 0 amide bonds. The van der Waals surface area contributed by atoms with Crippen LogP contribution in [-0.2, 0) is 5.60 Å². The first-order valence-corrected chi connectivity index (χ1v) is 12.6. The van der Waals surface area contributed by atoms with Crippen LogP contribution in [0, 0.1) is 11.8 Å². The Labute approximate surface area is 201 Å². The van der Waals surface area contributed by atoms with Gasteiger partial charge in [-0.25, -0.2) is 0 Å². The largest absolute Gasteiger partial charge is 0.380 e. The number of hydrogen-bond donors (Lipinski definition) is 1. The van der Waals surface area contributed by atoms with Gasteiger partial charge >= 0.3 is 0 Å². The van der Waals surface area contributed by atoms with Gasteiger partial charge in [0, 0.05) is 6.54 Å². The molecule has 176 valence electrons. The van der Waals surface area contributed by atoms with Gasteiger partial charge in [0.15, 0.2) is 0 Å². The molecular weight excluding hydrogens is 402 g/mol. The summed E-state index contributed by atoms with van der Waals surface area (Å²) in [5.74, 6) is 1.12. The molecule has 33 heavy (non-hydrogen) atoms. The first kappa shape index (κ1) is 25.2. The highest BCUT2D eigenvalue weighted by Crippen LogP contribution is 2.40. The summed E-state index contributed by atoms with van der Waals surface area (Å²) >= 11 is 0. The van der Waals surface area contributed by atoms with Crippen molar-refractivity contribution in [3.63, 3.8) is 0 Å². The van der Waals surface area contributed by atoms with E-state index in [9.17, 15) is 5.11 Å². The molecule has 2 heteroatoms. The van der Waals surface area contributed by atoms with E-state index < -0.39 is 5.60 Å². The number of likely N-dealkylation sites (tertiary alicyclic amines) is 1. The maximum absolute atomic E-state index is 12.1. The normalized spacial score (nSPS) is 20.3. The minimum Gasteiger partial charge on any atom is -0.380 e. The third-order valence-electron chi connectivity index (χ3n) is 7.26. The van der Waals surface area contributed by atoms with E-state index >= 15 is 0 Å². The van der Waals surface area contributed by atoms with Crippen LogP contribution in [0.15, 0.2) is 97.1 Å². The number of hydrogen-bond acceptors (Lipinski definition) is 2. The summed E-state index contributed by atoms with van der Waals surface area (Å²) in [5, 5.41) is 12.1. The Kier molecular flexibility index (Phi) is 9.72. The van der Waals surface area contributed by atoms with Crippen LogP contribution in [0.1, 0.15) is 57.1 Å². The van der Waals surface area contributed by atoms with Crippen LogP contribution in [0.3, 0.4) is 0 Å². The third-order valence-corrected chi connectivity index (χ3v) is 7.26.